The molecule has 0 radical (unpaired) electrons. The van der Waals surface area contributed by atoms with Gasteiger partial charge in [0.2, 0.25) is 10.3 Å². The molecule has 1 aliphatic rings. The number of rotatable bonds is 3. The molecule has 1 fully saturated rings. The largest absolute Gasteiger partial charge is 0.346 e. The van der Waals surface area contributed by atoms with E-state index in [1.165, 1.54) is 17.8 Å². The summed E-state index contributed by atoms with van der Waals surface area (Å²) >= 11 is 7.47. The fraction of sp³-hybridized carbons (Fsp3) is 0.471. The van der Waals surface area contributed by atoms with Gasteiger partial charge in [0, 0.05) is 23.8 Å². The molecule has 3 rings (SSSR count). The maximum absolute atomic E-state index is 12.1. The number of amides is 2. The fourth-order valence-corrected chi connectivity index (χ4v) is 4.08. The highest BCUT2D eigenvalue weighted by Crippen LogP contribution is 2.30. The topological polar surface area (TPSA) is 70.1 Å². The molecule has 0 unspecified atom stereocenters. The van der Waals surface area contributed by atoms with E-state index in [2.05, 4.69) is 39.6 Å². The summed E-state index contributed by atoms with van der Waals surface area (Å²) in [6.45, 7) is 8.38. The fourth-order valence-electron chi connectivity index (χ4n) is 3.14. The van der Waals surface area contributed by atoms with Gasteiger partial charge in [-0.1, -0.05) is 42.9 Å². The number of aryl methyl sites for hydroxylation is 1. The summed E-state index contributed by atoms with van der Waals surface area (Å²) in [7, 11) is 0. The summed E-state index contributed by atoms with van der Waals surface area (Å²) in [6.07, 6.45) is 1.24. The molecule has 2 aromatic rings. The lowest BCUT2D eigenvalue weighted by Crippen LogP contribution is -2.38. The highest BCUT2D eigenvalue weighted by Gasteiger charge is 2.24. The van der Waals surface area contributed by atoms with Gasteiger partial charge in [-0.3, -0.25) is 5.32 Å². The summed E-state index contributed by atoms with van der Waals surface area (Å²) in [4.78, 5) is 14.4. The number of halogens is 1. The molecule has 134 valence electrons. The number of carbonyl (C=O) groups is 1. The molecule has 0 aliphatic carbocycles. The second-order valence-corrected chi connectivity index (χ2v) is 8.15. The van der Waals surface area contributed by atoms with Gasteiger partial charge in [0.05, 0.1) is 0 Å². The lowest BCUT2D eigenvalue weighted by atomic mass is 9.92. The van der Waals surface area contributed by atoms with Crippen LogP contribution in [0.25, 0.3) is 0 Å². The lowest BCUT2D eigenvalue weighted by molar-refractivity contribution is 0.262. The van der Waals surface area contributed by atoms with Gasteiger partial charge in [-0.25, -0.2) is 4.79 Å². The zero-order valence-electron chi connectivity index (χ0n) is 14.5. The number of urea groups is 1. The van der Waals surface area contributed by atoms with E-state index in [-0.39, 0.29) is 6.03 Å². The van der Waals surface area contributed by atoms with E-state index in [1.54, 1.807) is 6.07 Å². The predicted octanol–water partition coefficient (Wildman–Crippen LogP) is 4.63. The van der Waals surface area contributed by atoms with E-state index >= 15 is 0 Å². The molecule has 1 aromatic heterocycles. The minimum Gasteiger partial charge on any atom is -0.346 e. The van der Waals surface area contributed by atoms with Gasteiger partial charge in [0.1, 0.15) is 0 Å². The number of anilines is 3. The number of nitrogens with one attached hydrogen (secondary N) is 2. The highest BCUT2D eigenvalue weighted by molar-refractivity contribution is 7.19. The number of piperidine rings is 1. The summed E-state index contributed by atoms with van der Waals surface area (Å²) in [5, 5.41) is 15.7. The van der Waals surface area contributed by atoms with Crippen LogP contribution in [0.15, 0.2) is 18.2 Å². The van der Waals surface area contributed by atoms with Crippen LogP contribution in [0, 0.1) is 18.8 Å². The second-order valence-electron chi connectivity index (χ2n) is 6.78. The van der Waals surface area contributed by atoms with Gasteiger partial charge in [0.25, 0.3) is 0 Å². The Morgan fingerprint density at radius 3 is 2.64 bits per heavy atom. The van der Waals surface area contributed by atoms with Crippen molar-refractivity contribution in [1.82, 2.24) is 10.2 Å². The first-order chi connectivity index (χ1) is 11.9. The van der Waals surface area contributed by atoms with Crippen molar-refractivity contribution in [2.75, 3.05) is 28.6 Å². The molecule has 2 heterocycles. The molecule has 6 nitrogen and oxygen atoms in total. The van der Waals surface area contributed by atoms with Crippen LogP contribution in [0.3, 0.4) is 0 Å². The maximum Gasteiger partial charge on any atom is 0.325 e. The summed E-state index contributed by atoms with van der Waals surface area (Å²) in [5.41, 5.74) is 1.60. The summed E-state index contributed by atoms with van der Waals surface area (Å²) in [6, 6.07) is 5.03. The van der Waals surface area contributed by atoms with E-state index in [4.69, 9.17) is 11.6 Å². The third-order valence-corrected chi connectivity index (χ3v) is 5.51. The number of hydrogen-bond acceptors (Lipinski definition) is 5. The number of carbonyl (C=O) groups excluding carboxylic acids is 1. The van der Waals surface area contributed by atoms with Crippen molar-refractivity contribution in [3.8, 4) is 0 Å². The van der Waals surface area contributed by atoms with Crippen molar-refractivity contribution < 1.29 is 4.79 Å². The van der Waals surface area contributed by atoms with Gasteiger partial charge >= 0.3 is 6.03 Å². The molecule has 0 bridgehead atoms. The van der Waals surface area contributed by atoms with Crippen LogP contribution in [0.1, 0.15) is 25.8 Å². The smallest absolute Gasteiger partial charge is 0.325 e. The van der Waals surface area contributed by atoms with Crippen molar-refractivity contribution in [2.24, 2.45) is 11.8 Å². The molecule has 1 aromatic carbocycles. The number of benzene rings is 1. The van der Waals surface area contributed by atoms with Gasteiger partial charge in [-0.2, -0.15) is 0 Å². The van der Waals surface area contributed by atoms with Gasteiger partial charge in [-0.15, -0.1) is 10.2 Å². The molecule has 0 saturated carbocycles. The Hall–Kier alpha value is -1.86. The van der Waals surface area contributed by atoms with E-state index < -0.39 is 0 Å². The van der Waals surface area contributed by atoms with Crippen LogP contribution in [-0.2, 0) is 0 Å². The van der Waals surface area contributed by atoms with Crippen LogP contribution < -0.4 is 15.5 Å². The number of aromatic nitrogens is 2. The third-order valence-electron chi connectivity index (χ3n) is 4.20. The van der Waals surface area contributed by atoms with E-state index in [0.29, 0.717) is 27.7 Å². The monoisotopic (exact) mass is 379 g/mol. The van der Waals surface area contributed by atoms with Crippen LogP contribution in [0.2, 0.25) is 5.02 Å². The number of hydrogen-bond donors (Lipinski definition) is 2. The normalized spacial score (nSPS) is 20.4. The first-order valence-corrected chi connectivity index (χ1v) is 9.52. The molecule has 1 aliphatic heterocycles. The molecule has 8 heteroatoms. The minimum atomic E-state index is -0.358. The summed E-state index contributed by atoms with van der Waals surface area (Å²) in [5.74, 6) is 1.28. The average molecular weight is 380 g/mol. The van der Waals surface area contributed by atoms with Crippen molar-refractivity contribution >= 4 is 44.9 Å². The minimum absolute atomic E-state index is 0.358. The van der Waals surface area contributed by atoms with Gasteiger partial charge < -0.3 is 10.2 Å². The average Bonchev–Trinajstić information content (AvgIpc) is 2.98. The summed E-state index contributed by atoms with van der Waals surface area (Å²) < 4.78 is 0. The Balaban J connectivity index is 1.60. The second kappa shape index (κ2) is 7.58. The molecule has 1 saturated heterocycles. The van der Waals surface area contributed by atoms with Crippen molar-refractivity contribution in [2.45, 2.75) is 27.2 Å². The Labute approximate surface area is 156 Å². The van der Waals surface area contributed by atoms with Crippen LogP contribution in [0.5, 0.6) is 0 Å². The Morgan fingerprint density at radius 2 is 1.96 bits per heavy atom. The zero-order valence-corrected chi connectivity index (χ0v) is 16.1. The van der Waals surface area contributed by atoms with Crippen LogP contribution in [-0.4, -0.2) is 29.3 Å². The standard InChI is InChI=1S/C17H22ClN5OS/c1-10-6-11(2)9-23(8-10)17-22-21-16(25-17)20-15(24)19-13-5-4-12(3)14(18)7-13/h4-5,7,10-11H,6,8-9H2,1-3H3,(H2,19,20,21,24)/t10-,11+. The van der Waals surface area contributed by atoms with Crippen LogP contribution >= 0.6 is 22.9 Å². The number of nitrogens with zero attached hydrogens (tertiary/aromatic N) is 3. The van der Waals surface area contributed by atoms with Crippen molar-refractivity contribution in [3.63, 3.8) is 0 Å². The van der Waals surface area contributed by atoms with E-state index in [1.807, 2.05) is 19.1 Å². The first kappa shape index (κ1) is 17.9. The van der Waals surface area contributed by atoms with Crippen molar-refractivity contribution in [3.05, 3.63) is 28.8 Å². The molecule has 2 amide bonds. The van der Waals surface area contributed by atoms with Gasteiger partial charge in [-0.05, 0) is 42.9 Å². The van der Waals surface area contributed by atoms with Crippen LogP contribution in [0.4, 0.5) is 20.7 Å². The van der Waals surface area contributed by atoms with Gasteiger partial charge in [0.15, 0.2) is 0 Å². The predicted molar refractivity (Wildman–Crippen MR) is 104 cm³/mol. The zero-order chi connectivity index (χ0) is 18.0. The quantitative estimate of drug-likeness (QED) is 0.815. The lowest BCUT2D eigenvalue weighted by Gasteiger charge is -2.34. The SMILES string of the molecule is Cc1ccc(NC(=O)Nc2nnc(N3C[C@H](C)C[C@H](C)C3)s2)cc1Cl. The van der Waals surface area contributed by atoms with E-state index in [9.17, 15) is 4.79 Å². The van der Waals surface area contributed by atoms with Crippen molar-refractivity contribution in [1.29, 1.82) is 0 Å². The molecule has 2 N–H and O–H groups in total. The Bertz CT molecular complexity index is 755. The highest BCUT2D eigenvalue weighted by atomic mass is 35.5. The molecular formula is C17H22ClN5OS. The Morgan fingerprint density at radius 1 is 1.24 bits per heavy atom. The molecular weight excluding hydrogens is 358 g/mol. The molecule has 25 heavy (non-hydrogen) atoms. The third kappa shape index (κ3) is 4.61. The molecule has 0 spiro atoms. The Kier molecular flexibility index (Phi) is 5.44. The molecule has 2 atom stereocenters. The van der Waals surface area contributed by atoms with E-state index in [0.717, 1.165) is 23.8 Å². The first-order valence-electron chi connectivity index (χ1n) is 8.33. The maximum atomic E-state index is 12.1.